The normalized spacial score (nSPS) is 11.2. The van der Waals surface area contributed by atoms with E-state index in [0.717, 1.165) is 35.6 Å². The first-order valence-electron chi connectivity index (χ1n) is 10.6. The Labute approximate surface area is 197 Å². The number of hydrogen-bond donors (Lipinski definition) is 2. The van der Waals surface area contributed by atoms with Crippen molar-refractivity contribution in [2.45, 2.75) is 32.9 Å². The van der Waals surface area contributed by atoms with Crippen LogP contribution < -0.4 is 15.8 Å². The highest BCUT2D eigenvalue weighted by Gasteiger charge is 2.36. The number of rotatable bonds is 8. The van der Waals surface area contributed by atoms with E-state index in [0.29, 0.717) is 23.7 Å². The van der Waals surface area contributed by atoms with Gasteiger partial charge in [-0.1, -0.05) is 24.3 Å². The smallest absolute Gasteiger partial charge is 0.420 e. The molecule has 8 heteroatoms. The van der Waals surface area contributed by atoms with Gasteiger partial charge in [0.05, 0.1) is 17.9 Å². The van der Waals surface area contributed by atoms with Gasteiger partial charge in [0.2, 0.25) is 0 Å². The quantitative estimate of drug-likeness (QED) is 0.203. The van der Waals surface area contributed by atoms with Crippen LogP contribution in [-0.4, -0.2) is 13.7 Å². The Kier molecular flexibility index (Phi) is 7.69. The van der Waals surface area contributed by atoms with Gasteiger partial charge in [-0.05, 0) is 61.6 Å². The van der Waals surface area contributed by atoms with Crippen LogP contribution in [0.1, 0.15) is 28.7 Å². The summed E-state index contributed by atoms with van der Waals surface area (Å²) in [5.41, 5.74) is 8.72. The summed E-state index contributed by atoms with van der Waals surface area (Å²) in [5, 5.41) is 3.01. The number of nitrogen functional groups attached to an aromatic ring is 1. The van der Waals surface area contributed by atoms with Crippen molar-refractivity contribution in [2.75, 3.05) is 24.8 Å². The monoisotopic (exact) mass is 469 g/mol. The second-order valence-corrected chi connectivity index (χ2v) is 7.91. The van der Waals surface area contributed by atoms with Crippen LogP contribution >= 0.6 is 0 Å². The molecule has 0 bridgehead atoms. The predicted molar refractivity (Wildman–Crippen MR) is 128 cm³/mol. The van der Waals surface area contributed by atoms with Gasteiger partial charge in [-0.2, -0.15) is 13.2 Å². The number of anilines is 3. The van der Waals surface area contributed by atoms with Gasteiger partial charge >= 0.3 is 6.18 Å². The minimum Gasteiger partial charge on any atom is -0.456 e. The summed E-state index contributed by atoms with van der Waals surface area (Å²) in [6.07, 6.45) is -3.15. The number of hydrogen-bond acceptors (Lipinski definition) is 4. The van der Waals surface area contributed by atoms with Gasteiger partial charge in [0, 0.05) is 25.5 Å². The van der Waals surface area contributed by atoms with E-state index < -0.39 is 11.7 Å². The fourth-order valence-electron chi connectivity index (χ4n) is 3.60. The van der Waals surface area contributed by atoms with Crippen LogP contribution in [0.25, 0.3) is 4.85 Å². The van der Waals surface area contributed by atoms with Crippen LogP contribution in [0.4, 0.5) is 35.9 Å². The summed E-state index contributed by atoms with van der Waals surface area (Å²) in [6, 6.07) is 12.5. The van der Waals surface area contributed by atoms with E-state index in [1.54, 1.807) is 38.3 Å². The lowest BCUT2D eigenvalue weighted by atomic mass is 10.00. The summed E-state index contributed by atoms with van der Waals surface area (Å²) in [7, 11) is 1.63. The highest BCUT2D eigenvalue weighted by Crippen LogP contribution is 2.44. The predicted octanol–water partition coefficient (Wildman–Crippen LogP) is 7.57. The highest BCUT2D eigenvalue weighted by atomic mass is 19.4. The standard InChI is InChI=1S/C26H26F3N3O2/c1-16-7-8-18(6-5-13-33-4)17(2)25(16)34-24-15-23(22(30)14-21(24)26(27,28)29)32-20-11-9-19(31-3)10-12-20/h7-12,14-15,32H,5-6,13,30H2,1-2,4H3. The first-order chi connectivity index (χ1) is 16.1. The second-order valence-electron chi connectivity index (χ2n) is 7.91. The van der Waals surface area contributed by atoms with E-state index in [2.05, 4.69) is 10.2 Å². The first-order valence-corrected chi connectivity index (χ1v) is 10.6. The number of alkyl halides is 3. The minimum absolute atomic E-state index is 0.0734. The number of nitrogens with zero attached hydrogens (tertiary/aromatic N) is 1. The molecule has 0 radical (unpaired) electrons. The van der Waals surface area contributed by atoms with E-state index in [4.69, 9.17) is 21.8 Å². The highest BCUT2D eigenvalue weighted by molar-refractivity contribution is 5.76. The molecule has 3 aromatic carbocycles. The van der Waals surface area contributed by atoms with Gasteiger partial charge in [-0.3, -0.25) is 0 Å². The van der Waals surface area contributed by atoms with E-state index in [1.807, 2.05) is 19.1 Å². The molecule has 0 fully saturated rings. The molecule has 178 valence electrons. The molecule has 0 aliphatic carbocycles. The number of nitrogens with one attached hydrogen (secondary N) is 1. The maximum Gasteiger partial charge on any atom is 0.420 e. The molecule has 0 spiro atoms. The van der Waals surface area contributed by atoms with Gasteiger partial charge < -0.3 is 20.5 Å². The van der Waals surface area contributed by atoms with Crippen LogP contribution in [0.2, 0.25) is 0 Å². The molecular formula is C26H26F3N3O2. The van der Waals surface area contributed by atoms with Crippen LogP contribution in [-0.2, 0) is 17.3 Å². The van der Waals surface area contributed by atoms with E-state index in [-0.39, 0.29) is 17.1 Å². The maximum absolute atomic E-state index is 13.9. The summed E-state index contributed by atoms with van der Waals surface area (Å²) in [4.78, 5) is 3.33. The zero-order chi connectivity index (χ0) is 24.9. The third-order valence-electron chi connectivity index (χ3n) is 5.45. The van der Waals surface area contributed by atoms with Crippen molar-refractivity contribution in [3.8, 4) is 11.5 Å². The number of aryl methyl sites for hydroxylation is 2. The van der Waals surface area contributed by atoms with Crippen molar-refractivity contribution in [3.63, 3.8) is 0 Å². The number of nitrogens with two attached hydrogens (primary N) is 1. The molecule has 0 unspecified atom stereocenters. The van der Waals surface area contributed by atoms with E-state index in [1.165, 1.54) is 6.07 Å². The molecule has 0 heterocycles. The Morgan fingerprint density at radius 2 is 1.76 bits per heavy atom. The van der Waals surface area contributed by atoms with Gasteiger partial charge in [-0.25, -0.2) is 4.85 Å². The molecule has 0 aliphatic rings. The van der Waals surface area contributed by atoms with Crippen molar-refractivity contribution in [1.82, 2.24) is 0 Å². The van der Waals surface area contributed by atoms with Crippen molar-refractivity contribution in [2.24, 2.45) is 0 Å². The average molecular weight is 470 g/mol. The largest absolute Gasteiger partial charge is 0.456 e. The Balaban J connectivity index is 2.01. The molecule has 34 heavy (non-hydrogen) atoms. The summed E-state index contributed by atoms with van der Waals surface area (Å²) < 4.78 is 52.6. The summed E-state index contributed by atoms with van der Waals surface area (Å²) in [5.74, 6) is 0.0415. The zero-order valence-electron chi connectivity index (χ0n) is 19.2. The molecule has 3 aromatic rings. The number of ether oxygens (including phenoxy) is 2. The molecule has 3 rings (SSSR count). The van der Waals surface area contributed by atoms with Crippen LogP contribution in [0.5, 0.6) is 11.5 Å². The molecule has 0 atom stereocenters. The molecule has 0 amide bonds. The lowest BCUT2D eigenvalue weighted by molar-refractivity contribution is -0.138. The minimum atomic E-state index is -4.66. The average Bonchev–Trinajstić information content (AvgIpc) is 2.79. The van der Waals surface area contributed by atoms with E-state index >= 15 is 0 Å². The van der Waals surface area contributed by atoms with Gasteiger partial charge in [-0.15, -0.1) is 0 Å². The van der Waals surface area contributed by atoms with Gasteiger partial charge in [0.1, 0.15) is 17.1 Å². The van der Waals surface area contributed by atoms with Crippen molar-refractivity contribution >= 4 is 22.7 Å². The molecule has 0 aliphatic heterocycles. The van der Waals surface area contributed by atoms with E-state index in [9.17, 15) is 13.2 Å². The molecule has 0 saturated carbocycles. The summed E-state index contributed by atoms with van der Waals surface area (Å²) >= 11 is 0. The van der Waals surface area contributed by atoms with Crippen molar-refractivity contribution < 1.29 is 22.6 Å². The number of methoxy groups -OCH3 is 1. The van der Waals surface area contributed by atoms with Crippen LogP contribution in [0, 0.1) is 20.4 Å². The Morgan fingerprint density at radius 1 is 1.06 bits per heavy atom. The second kappa shape index (κ2) is 10.5. The fraction of sp³-hybridized carbons (Fsp3) is 0.269. The lowest BCUT2D eigenvalue weighted by Gasteiger charge is -2.20. The van der Waals surface area contributed by atoms with Crippen molar-refractivity contribution in [1.29, 1.82) is 0 Å². The zero-order valence-corrected chi connectivity index (χ0v) is 19.2. The van der Waals surface area contributed by atoms with Crippen molar-refractivity contribution in [3.05, 3.63) is 82.2 Å². The topological polar surface area (TPSA) is 60.9 Å². The Hall–Kier alpha value is -3.70. The first kappa shape index (κ1) is 24.9. The number of halogens is 3. The lowest BCUT2D eigenvalue weighted by Crippen LogP contribution is -2.10. The molecule has 0 saturated heterocycles. The maximum atomic E-state index is 13.9. The number of benzene rings is 3. The molecule has 5 nitrogen and oxygen atoms in total. The molecule has 0 aromatic heterocycles. The SMILES string of the molecule is [C-]#[N+]c1ccc(Nc2cc(Oc3c(C)ccc(CCCOC)c3C)c(C(F)(F)F)cc2N)cc1. The van der Waals surface area contributed by atoms with Gasteiger partial charge in [0.15, 0.2) is 5.69 Å². The third-order valence-corrected chi connectivity index (χ3v) is 5.45. The Morgan fingerprint density at radius 3 is 2.38 bits per heavy atom. The van der Waals surface area contributed by atoms with Gasteiger partial charge in [0.25, 0.3) is 0 Å². The third kappa shape index (κ3) is 5.80. The van der Waals surface area contributed by atoms with Crippen LogP contribution in [0.3, 0.4) is 0 Å². The summed E-state index contributed by atoms with van der Waals surface area (Å²) in [6.45, 7) is 11.3. The molecule has 3 N–H and O–H groups in total. The molecular weight excluding hydrogens is 443 g/mol. The fourth-order valence-corrected chi connectivity index (χ4v) is 3.60. The Bertz CT molecular complexity index is 1200. The van der Waals surface area contributed by atoms with Crippen LogP contribution in [0.15, 0.2) is 48.5 Å².